The van der Waals surface area contributed by atoms with Crippen LogP contribution in [0.4, 0.5) is 0 Å². The van der Waals surface area contributed by atoms with Gasteiger partial charge in [-0.25, -0.2) is 0 Å². The Hall–Kier alpha value is -0.870. The van der Waals surface area contributed by atoms with Crippen molar-refractivity contribution in [1.29, 1.82) is 0 Å². The predicted molar refractivity (Wildman–Crippen MR) is 80.6 cm³/mol. The molecule has 0 radical (unpaired) electrons. The second-order valence-electron chi connectivity index (χ2n) is 7.41. The van der Waals surface area contributed by atoms with Gasteiger partial charge in [-0.2, -0.15) is 0 Å². The summed E-state index contributed by atoms with van der Waals surface area (Å²) in [6.07, 6.45) is 6.18. The molecule has 0 aromatic rings. The van der Waals surface area contributed by atoms with Crippen molar-refractivity contribution in [3.63, 3.8) is 0 Å². The zero-order valence-corrected chi connectivity index (χ0v) is 13.6. The molecule has 2 rings (SSSR count). The third kappa shape index (κ3) is 2.88. The summed E-state index contributed by atoms with van der Waals surface area (Å²) in [5.41, 5.74) is -1.23. The number of aliphatic hydroxyl groups is 2. The normalized spacial score (nSPS) is 36.7. The van der Waals surface area contributed by atoms with E-state index in [1.165, 1.54) is 6.92 Å². The van der Waals surface area contributed by atoms with E-state index in [1.54, 1.807) is 13.8 Å². The Kier molecular flexibility index (Phi) is 4.24. The van der Waals surface area contributed by atoms with Crippen LogP contribution < -0.4 is 0 Å². The Balaban J connectivity index is 2.27. The quantitative estimate of drug-likeness (QED) is 0.620. The lowest BCUT2D eigenvalue weighted by Gasteiger charge is -2.44. The second-order valence-corrected chi connectivity index (χ2v) is 7.41. The molecule has 0 aromatic carbocycles. The smallest absolute Gasteiger partial charge is 0.302 e. The molecule has 2 aliphatic carbocycles. The molecular formula is C17H28O4. The Morgan fingerprint density at radius 1 is 1.48 bits per heavy atom. The number of hydrogen-bond acceptors (Lipinski definition) is 4. The van der Waals surface area contributed by atoms with Crippen LogP contribution in [0.25, 0.3) is 0 Å². The first-order valence-electron chi connectivity index (χ1n) is 7.88. The minimum atomic E-state index is -1.12. The zero-order chi connectivity index (χ0) is 15.9. The summed E-state index contributed by atoms with van der Waals surface area (Å²) >= 11 is 0. The molecule has 0 saturated heterocycles. The molecule has 0 aliphatic heterocycles. The summed E-state index contributed by atoms with van der Waals surface area (Å²) < 4.78 is 5.22. The first-order valence-corrected chi connectivity index (χ1v) is 7.88. The molecule has 3 atom stereocenters. The first-order chi connectivity index (χ1) is 9.61. The van der Waals surface area contributed by atoms with Crippen LogP contribution in [0.15, 0.2) is 11.6 Å². The molecule has 2 aliphatic rings. The highest BCUT2D eigenvalue weighted by Gasteiger charge is 2.57. The maximum atomic E-state index is 11.1. The van der Waals surface area contributed by atoms with Crippen molar-refractivity contribution in [3.8, 4) is 0 Å². The van der Waals surface area contributed by atoms with Crippen LogP contribution in [0.2, 0.25) is 0 Å². The molecule has 0 unspecified atom stereocenters. The molecule has 21 heavy (non-hydrogen) atoms. The van der Waals surface area contributed by atoms with Gasteiger partial charge >= 0.3 is 5.97 Å². The van der Waals surface area contributed by atoms with Crippen molar-refractivity contribution in [1.82, 2.24) is 0 Å². The van der Waals surface area contributed by atoms with E-state index in [4.69, 9.17) is 4.74 Å². The van der Waals surface area contributed by atoms with Crippen LogP contribution >= 0.6 is 0 Å². The van der Waals surface area contributed by atoms with E-state index in [1.807, 2.05) is 0 Å². The van der Waals surface area contributed by atoms with Crippen molar-refractivity contribution in [3.05, 3.63) is 11.6 Å². The zero-order valence-electron chi connectivity index (χ0n) is 13.6. The van der Waals surface area contributed by atoms with Gasteiger partial charge in [0.15, 0.2) is 0 Å². The summed E-state index contributed by atoms with van der Waals surface area (Å²) in [6.45, 7) is 7.28. The SMILES string of the molecule is CC(=O)OCC1=CCC[C@H](C)[C@@]12CC[C@@](O)(C(C)(C)O)C2. The Labute approximate surface area is 127 Å². The van der Waals surface area contributed by atoms with Crippen molar-refractivity contribution in [2.45, 2.75) is 71.0 Å². The van der Waals surface area contributed by atoms with Gasteiger partial charge in [0.2, 0.25) is 0 Å². The minimum Gasteiger partial charge on any atom is -0.461 e. The fourth-order valence-electron chi connectivity index (χ4n) is 4.03. The Morgan fingerprint density at radius 2 is 2.14 bits per heavy atom. The molecule has 4 nitrogen and oxygen atoms in total. The number of esters is 1. The molecule has 1 spiro atoms. The molecule has 0 heterocycles. The number of ether oxygens (including phenoxy) is 1. The van der Waals surface area contributed by atoms with Gasteiger partial charge in [-0.1, -0.05) is 13.0 Å². The minimum absolute atomic E-state index is 0.150. The van der Waals surface area contributed by atoms with E-state index in [2.05, 4.69) is 13.0 Å². The molecule has 0 amide bonds. The van der Waals surface area contributed by atoms with Crippen molar-refractivity contribution < 1.29 is 19.7 Å². The second kappa shape index (κ2) is 5.40. The number of carbonyl (C=O) groups is 1. The fraction of sp³-hybridized carbons (Fsp3) is 0.824. The molecule has 0 bridgehead atoms. The summed E-state index contributed by atoms with van der Waals surface area (Å²) in [7, 11) is 0. The van der Waals surface area contributed by atoms with E-state index in [0.717, 1.165) is 24.8 Å². The number of allylic oxidation sites excluding steroid dienone is 1. The van der Waals surface area contributed by atoms with Gasteiger partial charge in [-0.3, -0.25) is 4.79 Å². The maximum absolute atomic E-state index is 11.1. The van der Waals surface area contributed by atoms with Gasteiger partial charge in [0.25, 0.3) is 0 Å². The van der Waals surface area contributed by atoms with Gasteiger partial charge in [-0.05, 0) is 57.4 Å². The van der Waals surface area contributed by atoms with E-state index < -0.39 is 11.2 Å². The number of hydrogen-bond donors (Lipinski definition) is 2. The molecule has 120 valence electrons. The van der Waals surface area contributed by atoms with E-state index in [9.17, 15) is 15.0 Å². The topological polar surface area (TPSA) is 66.8 Å². The molecule has 4 heteroatoms. The van der Waals surface area contributed by atoms with Crippen LogP contribution in [-0.4, -0.2) is 34.0 Å². The van der Waals surface area contributed by atoms with Crippen molar-refractivity contribution in [2.75, 3.05) is 6.61 Å². The molecular weight excluding hydrogens is 268 g/mol. The predicted octanol–water partition coefficient (Wildman–Crippen LogP) is 2.58. The van der Waals surface area contributed by atoms with E-state index >= 15 is 0 Å². The lowest BCUT2D eigenvalue weighted by atomic mass is 9.63. The third-order valence-electron chi connectivity index (χ3n) is 5.74. The third-order valence-corrected chi connectivity index (χ3v) is 5.74. The van der Waals surface area contributed by atoms with Gasteiger partial charge in [0.05, 0.1) is 11.2 Å². The Morgan fingerprint density at radius 3 is 2.67 bits per heavy atom. The number of rotatable bonds is 3. The van der Waals surface area contributed by atoms with Gasteiger partial charge in [-0.15, -0.1) is 0 Å². The number of carbonyl (C=O) groups excluding carboxylic acids is 1. The summed E-state index contributed by atoms with van der Waals surface area (Å²) in [6, 6.07) is 0. The fourth-order valence-corrected chi connectivity index (χ4v) is 4.03. The largest absolute Gasteiger partial charge is 0.461 e. The first kappa shape index (κ1) is 16.5. The van der Waals surface area contributed by atoms with Crippen molar-refractivity contribution >= 4 is 5.97 Å². The van der Waals surface area contributed by atoms with Gasteiger partial charge < -0.3 is 14.9 Å². The van der Waals surface area contributed by atoms with Gasteiger partial charge in [0.1, 0.15) is 6.61 Å². The molecule has 1 fully saturated rings. The molecule has 1 saturated carbocycles. The van der Waals surface area contributed by atoms with E-state index in [-0.39, 0.29) is 11.4 Å². The monoisotopic (exact) mass is 296 g/mol. The average Bonchev–Trinajstić information content (AvgIpc) is 2.72. The maximum Gasteiger partial charge on any atom is 0.302 e. The molecule has 2 N–H and O–H groups in total. The highest BCUT2D eigenvalue weighted by Crippen LogP contribution is 2.58. The summed E-state index contributed by atoms with van der Waals surface area (Å²) in [4.78, 5) is 11.1. The lowest BCUT2D eigenvalue weighted by molar-refractivity contribution is -0.141. The average molecular weight is 296 g/mol. The standard InChI is InChI=1S/C17H28O4/c1-12-6-5-7-14(10-21-13(2)18)16(12)8-9-17(20,11-16)15(3,4)19/h7,12,19-20H,5-6,8-11H2,1-4H3/t12-,16-,17-/m0/s1. The molecule has 0 aromatic heterocycles. The van der Waals surface area contributed by atoms with Crippen LogP contribution in [0.5, 0.6) is 0 Å². The highest BCUT2D eigenvalue weighted by atomic mass is 16.5. The van der Waals surface area contributed by atoms with E-state index in [0.29, 0.717) is 25.4 Å². The van der Waals surface area contributed by atoms with Crippen molar-refractivity contribution in [2.24, 2.45) is 11.3 Å². The van der Waals surface area contributed by atoms with Crippen LogP contribution in [0, 0.1) is 11.3 Å². The van der Waals surface area contributed by atoms with Crippen LogP contribution in [-0.2, 0) is 9.53 Å². The van der Waals surface area contributed by atoms with Gasteiger partial charge in [0, 0.05) is 12.3 Å². The van der Waals surface area contributed by atoms with Crippen LogP contribution in [0.1, 0.15) is 59.8 Å². The summed E-state index contributed by atoms with van der Waals surface area (Å²) in [5.74, 6) is 0.143. The Bertz CT molecular complexity index is 448. The summed E-state index contributed by atoms with van der Waals surface area (Å²) in [5, 5.41) is 21.2. The highest BCUT2D eigenvalue weighted by molar-refractivity contribution is 5.66. The lowest BCUT2D eigenvalue weighted by Crippen LogP contribution is -2.49. The van der Waals surface area contributed by atoms with Crippen LogP contribution in [0.3, 0.4) is 0 Å².